The SMILES string of the molecule is CCCS(=O)(=O)Nc1cc(N(CC)CC)ccc1N=Nc1nc(C)ns1. The molecule has 2 rings (SSSR count). The lowest BCUT2D eigenvalue weighted by Gasteiger charge is -2.22. The first-order valence-corrected chi connectivity index (χ1v) is 10.9. The van der Waals surface area contributed by atoms with E-state index in [4.69, 9.17) is 0 Å². The summed E-state index contributed by atoms with van der Waals surface area (Å²) in [5.74, 6) is 0.680. The van der Waals surface area contributed by atoms with Crippen LogP contribution < -0.4 is 9.62 Å². The zero-order chi connectivity index (χ0) is 19.2. The molecule has 0 unspecified atom stereocenters. The van der Waals surface area contributed by atoms with Crippen LogP contribution in [-0.4, -0.2) is 36.6 Å². The zero-order valence-electron chi connectivity index (χ0n) is 15.4. The highest BCUT2D eigenvalue weighted by Gasteiger charge is 2.14. The summed E-state index contributed by atoms with van der Waals surface area (Å²) in [7, 11) is -3.44. The van der Waals surface area contributed by atoms with Gasteiger partial charge in [0, 0.05) is 30.3 Å². The number of hydrogen-bond acceptors (Lipinski definition) is 8. The minimum atomic E-state index is -3.44. The molecule has 2 aromatic rings. The second-order valence-electron chi connectivity index (χ2n) is 5.62. The van der Waals surface area contributed by atoms with Crippen molar-refractivity contribution in [3.05, 3.63) is 24.0 Å². The van der Waals surface area contributed by atoms with Crippen molar-refractivity contribution in [1.29, 1.82) is 0 Å². The lowest BCUT2D eigenvalue weighted by atomic mass is 10.2. The molecule has 0 radical (unpaired) electrons. The van der Waals surface area contributed by atoms with Crippen LogP contribution >= 0.6 is 11.5 Å². The van der Waals surface area contributed by atoms with Crippen molar-refractivity contribution in [2.75, 3.05) is 28.5 Å². The second kappa shape index (κ2) is 9.04. The molecule has 10 heteroatoms. The number of nitrogens with one attached hydrogen (secondary N) is 1. The van der Waals surface area contributed by atoms with E-state index < -0.39 is 10.0 Å². The number of nitrogens with zero attached hydrogens (tertiary/aromatic N) is 5. The van der Waals surface area contributed by atoms with Gasteiger partial charge in [0.25, 0.3) is 0 Å². The number of anilines is 2. The Kier molecular flexibility index (Phi) is 7.04. The highest BCUT2D eigenvalue weighted by Crippen LogP contribution is 2.32. The standard InChI is InChI=1S/C16H24N6O2S2/c1-5-10-26(23,24)21-15-11-13(22(6-2)7-3)8-9-14(15)18-19-16-17-12(4)20-25-16/h8-9,11,21H,5-7,10H2,1-4H3. The monoisotopic (exact) mass is 396 g/mol. The van der Waals surface area contributed by atoms with Gasteiger partial charge in [-0.3, -0.25) is 4.72 Å². The normalized spacial score (nSPS) is 11.8. The van der Waals surface area contributed by atoms with Gasteiger partial charge in [-0.25, -0.2) is 13.4 Å². The van der Waals surface area contributed by atoms with E-state index in [9.17, 15) is 8.42 Å². The molecular formula is C16H24N6O2S2. The maximum atomic E-state index is 12.2. The smallest absolute Gasteiger partial charge is 0.249 e. The van der Waals surface area contributed by atoms with E-state index >= 15 is 0 Å². The topological polar surface area (TPSA) is 99.9 Å². The van der Waals surface area contributed by atoms with E-state index in [1.165, 1.54) is 0 Å². The van der Waals surface area contributed by atoms with Gasteiger partial charge in [-0.2, -0.15) is 4.37 Å². The number of aromatic nitrogens is 2. The van der Waals surface area contributed by atoms with Crippen LogP contribution in [0.3, 0.4) is 0 Å². The maximum absolute atomic E-state index is 12.2. The molecular weight excluding hydrogens is 372 g/mol. The Morgan fingerprint density at radius 1 is 1.19 bits per heavy atom. The third-order valence-corrected chi connectivity index (χ3v) is 5.78. The summed E-state index contributed by atoms with van der Waals surface area (Å²) in [4.78, 5) is 6.26. The summed E-state index contributed by atoms with van der Waals surface area (Å²) < 4.78 is 31.2. The molecule has 1 N–H and O–H groups in total. The van der Waals surface area contributed by atoms with Gasteiger partial charge in [0.05, 0.1) is 11.4 Å². The van der Waals surface area contributed by atoms with Crippen LogP contribution in [0.2, 0.25) is 0 Å². The quantitative estimate of drug-likeness (QED) is 0.638. The van der Waals surface area contributed by atoms with E-state index in [-0.39, 0.29) is 5.75 Å². The van der Waals surface area contributed by atoms with Crippen molar-refractivity contribution in [3.8, 4) is 0 Å². The summed E-state index contributed by atoms with van der Waals surface area (Å²) in [6.45, 7) is 9.35. The molecule has 142 valence electrons. The molecule has 0 aliphatic rings. The van der Waals surface area contributed by atoms with Gasteiger partial charge < -0.3 is 4.90 Å². The fourth-order valence-electron chi connectivity index (χ4n) is 2.39. The molecule has 0 fully saturated rings. The van der Waals surface area contributed by atoms with E-state index in [0.29, 0.717) is 28.8 Å². The molecule has 26 heavy (non-hydrogen) atoms. The van der Waals surface area contributed by atoms with Gasteiger partial charge in [0.2, 0.25) is 15.2 Å². The maximum Gasteiger partial charge on any atom is 0.249 e. The van der Waals surface area contributed by atoms with E-state index in [2.05, 4.69) is 43.1 Å². The summed E-state index contributed by atoms with van der Waals surface area (Å²) in [6, 6.07) is 5.46. The van der Waals surface area contributed by atoms with Gasteiger partial charge in [0.1, 0.15) is 11.5 Å². The fourth-order valence-corrected chi connectivity index (χ4v) is 4.03. The van der Waals surface area contributed by atoms with E-state index in [1.54, 1.807) is 19.1 Å². The molecule has 0 aliphatic heterocycles. The van der Waals surface area contributed by atoms with Crippen molar-refractivity contribution < 1.29 is 8.42 Å². The van der Waals surface area contributed by atoms with Crippen molar-refractivity contribution in [1.82, 2.24) is 9.36 Å². The molecule has 0 atom stereocenters. The number of benzene rings is 1. The number of sulfonamides is 1. The third-order valence-electron chi connectivity index (χ3n) is 3.61. The highest BCUT2D eigenvalue weighted by molar-refractivity contribution is 7.92. The number of aryl methyl sites for hydroxylation is 1. The van der Waals surface area contributed by atoms with E-state index in [0.717, 1.165) is 30.3 Å². The fraction of sp³-hybridized carbons (Fsp3) is 0.500. The van der Waals surface area contributed by atoms with Gasteiger partial charge in [0.15, 0.2) is 0 Å². The first-order valence-electron chi connectivity index (χ1n) is 8.50. The van der Waals surface area contributed by atoms with Crippen molar-refractivity contribution in [3.63, 3.8) is 0 Å². The van der Waals surface area contributed by atoms with Crippen molar-refractivity contribution >= 4 is 43.7 Å². The second-order valence-corrected chi connectivity index (χ2v) is 8.19. The summed E-state index contributed by atoms with van der Waals surface area (Å²) in [5.41, 5.74) is 1.77. The van der Waals surface area contributed by atoms with E-state index in [1.807, 2.05) is 13.0 Å². The van der Waals surface area contributed by atoms with Crippen LogP contribution in [0.5, 0.6) is 0 Å². The Morgan fingerprint density at radius 3 is 2.50 bits per heavy atom. The largest absolute Gasteiger partial charge is 0.372 e. The molecule has 1 aromatic carbocycles. The molecule has 1 aromatic heterocycles. The van der Waals surface area contributed by atoms with Gasteiger partial charge in [-0.15, -0.1) is 10.2 Å². The molecule has 0 bridgehead atoms. The average molecular weight is 397 g/mol. The van der Waals surface area contributed by atoms with Crippen LogP contribution in [0.25, 0.3) is 0 Å². The van der Waals surface area contributed by atoms with Crippen LogP contribution in [0.15, 0.2) is 28.4 Å². The lowest BCUT2D eigenvalue weighted by Crippen LogP contribution is -2.22. The number of rotatable bonds is 9. The Balaban J connectivity index is 2.40. The predicted molar refractivity (Wildman–Crippen MR) is 107 cm³/mol. The summed E-state index contributed by atoms with van der Waals surface area (Å²) in [6.07, 6.45) is 0.534. The zero-order valence-corrected chi connectivity index (χ0v) is 17.1. The Bertz CT molecular complexity index is 859. The molecule has 1 heterocycles. The van der Waals surface area contributed by atoms with Crippen LogP contribution in [-0.2, 0) is 10.0 Å². The van der Waals surface area contributed by atoms with Gasteiger partial charge in [-0.1, -0.05) is 6.92 Å². The van der Waals surface area contributed by atoms with Crippen LogP contribution in [0.4, 0.5) is 22.2 Å². The Morgan fingerprint density at radius 2 is 1.92 bits per heavy atom. The van der Waals surface area contributed by atoms with Crippen molar-refractivity contribution in [2.45, 2.75) is 34.1 Å². The molecule has 0 amide bonds. The third kappa shape index (κ3) is 5.46. The Labute approximate surface area is 158 Å². The van der Waals surface area contributed by atoms with Crippen LogP contribution in [0.1, 0.15) is 33.0 Å². The van der Waals surface area contributed by atoms with Gasteiger partial charge in [-0.05, 0) is 45.4 Å². The van der Waals surface area contributed by atoms with Gasteiger partial charge >= 0.3 is 0 Å². The summed E-state index contributed by atoms with van der Waals surface area (Å²) >= 11 is 1.14. The number of azo groups is 1. The molecule has 0 aliphatic carbocycles. The molecule has 8 nitrogen and oxygen atoms in total. The first kappa shape index (κ1) is 20.2. The highest BCUT2D eigenvalue weighted by atomic mass is 32.2. The number of hydrogen-bond donors (Lipinski definition) is 1. The lowest BCUT2D eigenvalue weighted by molar-refractivity contribution is 0.600. The minimum absolute atomic E-state index is 0.0503. The van der Waals surface area contributed by atoms with Crippen LogP contribution in [0, 0.1) is 6.92 Å². The van der Waals surface area contributed by atoms with Crippen molar-refractivity contribution in [2.24, 2.45) is 10.2 Å². The Hall–Kier alpha value is -2.07. The first-order chi connectivity index (χ1) is 12.4. The molecule has 0 saturated heterocycles. The minimum Gasteiger partial charge on any atom is -0.372 e. The molecule has 0 saturated carbocycles. The predicted octanol–water partition coefficient (Wildman–Crippen LogP) is 4.26. The molecule has 0 spiro atoms. The average Bonchev–Trinajstić information content (AvgIpc) is 3.00. The summed E-state index contributed by atoms with van der Waals surface area (Å²) in [5, 5.41) is 8.67.